The minimum Gasteiger partial charge on any atom is -0.489 e. The summed E-state index contributed by atoms with van der Waals surface area (Å²) in [6.45, 7) is 8.15. The van der Waals surface area contributed by atoms with Crippen LogP contribution in [0.15, 0.2) is 18.2 Å². The Morgan fingerprint density at radius 1 is 1.44 bits per heavy atom. The van der Waals surface area contributed by atoms with E-state index in [4.69, 9.17) is 16.3 Å². The molecule has 0 fully saturated rings. The van der Waals surface area contributed by atoms with Gasteiger partial charge in [0.2, 0.25) is 0 Å². The fraction of sp³-hybridized carbons (Fsp3) is 0.538. The van der Waals surface area contributed by atoms with Gasteiger partial charge >= 0.3 is 0 Å². The Labute approximate surface area is 103 Å². The van der Waals surface area contributed by atoms with Crippen LogP contribution in [0.5, 0.6) is 5.75 Å². The molecule has 0 saturated heterocycles. The molecule has 1 aromatic rings. The van der Waals surface area contributed by atoms with Gasteiger partial charge in [-0.3, -0.25) is 0 Å². The zero-order valence-corrected chi connectivity index (χ0v) is 11.0. The van der Waals surface area contributed by atoms with Crippen LogP contribution < -0.4 is 10.1 Å². The van der Waals surface area contributed by atoms with Crippen LogP contribution in [-0.2, 0) is 0 Å². The SMILES string of the molecule is CCNCCC(C)Oc1ccc(C)cc1Cl. The van der Waals surface area contributed by atoms with Gasteiger partial charge in [-0.25, -0.2) is 0 Å². The molecule has 0 radical (unpaired) electrons. The molecule has 1 rings (SSSR count). The lowest BCUT2D eigenvalue weighted by Crippen LogP contribution is -2.22. The van der Waals surface area contributed by atoms with E-state index in [2.05, 4.69) is 19.2 Å². The molecule has 0 aromatic heterocycles. The maximum absolute atomic E-state index is 6.09. The fourth-order valence-electron chi connectivity index (χ4n) is 1.46. The molecular weight excluding hydrogens is 222 g/mol. The highest BCUT2D eigenvalue weighted by molar-refractivity contribution is 6.32. The number of aryl methyl sites for hydroxylation is 1. The molecular formula is C13H20ClNO. The summed E-state index contributed by atoms with van der Waals surface area (Å²) in [5, 5.41) is 3.97. The van der Waals surface area contributed by atoms with Gasteiger partial charge < -0.3 is 10.1 Å². The van der Waals surface area contributed by atoms with Gasteiger partial charge in [-0.05, 0) is 51.1 Å². The third-order valence-corrected chi connectivity index (χ3v) is 2.69. The molecule has 3 heteroatoms. The summed E-state index contributed by atoms with van der Waals surface area (Å²) >= 11 is 6.09. The molecule has 0 aliphatic heterocycles. The summed E-state index contributed by atoms with van der Waals surface area (Å²) in [6.07, 6.45) is 1.16. The molecule has 1 aromatic carbocycles. The van der Waals surface area contributed by atoms with Crippen molar-refractivity contribution >= 4 is 11.6 Å². The normalized spacial score (nSPS) is 12.5. The predicted molar refractivity (Wildman–Crippen MR) is 69.4 cm³/mol. The summed E-state index contributed by atoms with van der Waals surface area (Å²) in [7, 11) is 0. The second-order valence-corrected chi connectivity index (χ2v) is 4.41. The van der Waals surface area contributed by atoms with E-state index >= 15 is 0 Å². The van der Waals surface area contributed by atoms with Crippen LogP contribution in [0.25, 0.3) is 0 Å². The van der Waals surface area contributed by atoms with E-state index in [1.165, 1.54) is 0 Å². The van der Waals surface area contributed by atoms with Gasteiger partial charge in [0.05, 0.1) is 11.1 Å². The molecule has 1 unspecified atom stereocenters. The molecule has 90 valence electrons. The Morgan fingerprint density at radius 2 is 2.19 bits per heavy atom. The van der Waals surface area contributed by atoms with Crippen LogP contribution in [0.1, 0.15) is 25.8 Å². The van der Waals surface area contributed by atoms with Crippen molar-refractivity contribution in [2.24, 2.45) is 0 Å². The topological polar surface area (TPSA) is 21.3 Å². The van der Waals surface area contributed by atoms with Crippen LogP contribution in [0.4, 0.5) is 0 Å². The first-order valence-corrected chi connectivity index (χ1v) is 6.14. The number of halogens is 1. The molecule has 16 heavy (non-hydrogen) atoms. The number of benzene rings is 1. The first-order valence-electron chi connectivity index (χ1n) is 5.77. The zero-order chi connectivity index (χ0) is 12.0. The monoisotopic (exact) mass is 241 g/mol. The van der Waals surface area contributed by atoms with E-state index in [9.17, 15) is 0 Å². The molecule has 0 aliphatic rings. The third kappa shape index (κ3) is 4.42. The standard InChI is InChI=1S/C13H20ClNO/c1-4-15-8-7-11(3)16-13-6-5-10(2)9-12(13)14/h5-6,9,11,15H,4,7-8H2,1-3H3. The predicted octanol–water partition coefficient (Wildman–Crippen LogP) is 3.42. The summed E-state index contributed by atoms with van der Waals surface area (Å²) in [6, 6.07) is 5.87. The highest BCUT2D eigenvalue weighted by Crippen LogP contribution is 2.26. The Bertz CT molecular complexity index is 328. The first-order chi connectivity index (χ1) is 7.63. The lowest BCUT2D eigenvalue weighted by atomic mass is 10.2. The van der Waals surface area contributed by atoms with E-state index in [1.807, 2.05) is 25.1 Å². The minimum atomic E-state index is 0.180. The number of rotatable bonds is 6. The van der Waals surface area contributed by atoms with Crippen molar-refractivity contribution < 1.29 is 4.74 Å². The largest absolute Gasteiger partial charge is 0.489 e. The number of hydrogen-bond acceptors (Lipinski definition) is 2. The van der Waals surface area contributed by atoms with Crippen molar-refractivity contribution in [2.75, 3.05) is 13.1 Å². The second kappa shape index (κ2) is 6.77. The third-order valence-electron chi connectivity index (χ3n) is 2.39. The smallest absolute Gasteiger partial charge is 0.138 e. The van der Waals surface area contributed by atoms with Gasteiger partial charge in [0.1, 0.15) is 5.75 Å². The van der Waals surface area contributed by atoms with E-state index in [0.717, 1.165) is 30.8 Å². The average Bonchev–Trinajstić information content (AvgIpc) is 2.23. The highest BCUT2D eigenvalue weighted by atomic mass is 35.5. The first kappa shape index (κ1) is 13.3. The molecule has 0 saturated carbocycles. The van der Waals surface area contributed by atoms with Crippen molar-refractivity contribution in [3.8, 4) is 5.75 Å². The molecule has 0 amide bonds. The Hall–Kier alpha value is -0.730. The van der Waals surface area contributed by atoms with Crippen LogP contribution in [0, 0.1) is 6.92 Å². The Kier molecular flexibility index (Phi) is 5.64. The number of hydrogen-bond donors (Lipinski definition) is 1. The van der Waals surface area contributed by atoms with Crippen LogP contribution >= 0.6 is 11.6 Å². The summed E-state index contributed by atoms with van der Waals surface area (Å²) < 4.78 is 5.77. The second-order valence-electron chi connectivity index (χ2n) is 4.00. The van der Waals surface area contributed by atoms with Crippen molar-refractivity contribution in [1.82, 2.24) is 5.32 Å². The Balaban J connectivity index is 2.46. The van der Waals surface area contributed by atoms with Gasteiger partial charge in [-0.2, -0.15) is 0 Å². The summed E-state index contributed by atoms with van der Waals surface area (Å²) in [5.74, 6) is 0.774. The highest BCUT2D eigenvalue weighted by Gasteiger charge is 2.06. The number of nitrogens with one attached hydrogen (secondary N) is 1. The quantitative estimate of drug-likeness (QED) is 0.771. The fourth-order valence-corrected chi connectivity index (χ4v) is 1.74. The van der Waals surface area contributed by atoms with Gasteiger partial charge in [-0.1, -0.05) is 24.6 Å². The van der Waals surface area contributed by atoms with E-state index < -0.39 is 0 Å². The average molecular weight is 242 g/mol. The summed E-state index contributed by atoms with van der Waals surface area (Å²) in [4.78, 5) is 0. The molecule has 0 aliphatic carbocycles. The van der Waals surface area contributed by atoms with Crippen LogP contribution in [-0.4, -0.2) is 19.2 Å². The lowest BCUT2D eigenvalue weighted by Gasteiger charge is -2.16. The lowest BCUT2D eigenvalue weighted by molar-refractivity contribution is 0.210. The molecule has 0 spiro atoms. The van der Waals surface area contributed by atoms with E-state index in [-0.39, 0.29) is 6.10 Å². The van der Waals surface area contributed by atoms with Crippen molar-refractivity contribution in [2.45, 2.75) is 33.3 Å². The van der Waals surface area contributed by atoms with Gasteiger partial charge in [-0.15, -0.1) is 0 Å². The van der Waals surface area contributed by atoms with Gasteiger partial charge in [0.25, 0.3) is 0 Å². The van der Waals surface area contributed by atoms with Crippen LogP contribution in [0.3, 0.4) is 0 Å². The van der Waals surface area contributed by atoms with Crippen molar-refractivity contribution in [1.29, 1.82) is 0 Å². The van der Waals surface area contributed by atoms with Crippen LogP contribution in [0.2, 0.25) is 5.02 Å². The number of ether oxygens (including phenoxy) is 1. The molecule has 1 atom stereocenters. The molecule has 0 heterocycles. The van der Waals surface area contributed by atoms with Crippen molar-refractivity contribution in [3.63, 3.8) is 0 Å². The summed E-state index contributed by atoms with van der Waals surface area (Å²) in [5.41, 5.74) is 1.15. The van der Waals surface area contributed by atoms with E-state index in [1.54, 1.807) is 0 Å². The molecule has 1 N–H and O–H groups in total. The molecule has 0 bridgehead atoms. The maximum Gasteiger partial charge on any atom is 0.138 e. The molecule has 2 nitrogen and oxygen atoms in total. The van der Waals surface area contributed by atoms with E-state index in [0.29, 0.717) is 5.02 Å². The van der Waals surface area contributed by atoms with Gasteiger partial charge in [0.15, 0.2) is 0 Å². The minimum absolute atomic E-state index is 0.180. The van der Waals surface area contributed by atoms with Gasteiger partial charge in [0, 0.05) is 0 Å². The zero-order valence-electron chi connectivity index (χ0n) is 10.2. The Morgan fingerprint density at radius 3 is 2.81 bits per heavy atom. The maximum atomic E-state index is 6.09. The van der Waals surface area contributed by atoms with Crippen molar-refractivity contribution in [3.05, 3.63) is 28.8 Å².